The fourth-order valence-corrected chi connectivity index (χ4v) is 0.234. The second kappa shape index (κ2) is 6.79. The highest BCUT2D eigenvalue weighted by Crippen LogP contribution is 1.83. The van der Waals surface area contributed by atoms with Crippen molar-refractivity contribution in [3.63, 3.8) is 0 Å². The van der Waals surface area contributed by atoms with Crippen LogP contribution in [0.5, 0.6) is 0 Å². The molecule has 4 heteroatoms. The summed E-state index contributed by atoms with van der Waals surface area (Å²) in [4.78, 5) is 9.65. The van der Waals surface area contributed by atoms with Gasteiger partial charge in [0.1, 0.15) is 0 Å². The van der Waals surface area contributed by atoms with Gasteiger partial charge in [0.15, 0.2) is 0 Å². The molecule has 0 aromatic heterocycles. The number of carboxylic acids is 1. The summed E-state index contributed by atoms with van der Waals surface area (Å²) >= 11 is 5.00. The minimum Gasteiger partial charge on any atom is -0.481 e. The van der Waals surface area contributed by atoms with Crippen LogP contribution in [-0.2, 0) is 4.79 Å². The lowest BCUT2D eigenvalue weighted by Crippen LogP contribution is -1.88. The number of hydrogen-bond acceptors (Lipinski definition) is 1. The summed E-state index contributed by atoms with van der Waals surface area (Å²) in [5.74, 6) is -0.864. The van der Waals surface area contributed by atoms with Crippen LogP contribution < -0.4 is 0 Å². The van der Waals surface area contributed by atoms with Crippen molar-refractivity contribution in [3.05, 3.63) is 11.6 Å². The van der Waals surface area contributed by atoms with Crippen molar-refractivity contribution < 1.29 is 9.90 Å². The zero-order valence-corrected chi connectivity index (χ0v) is 5.58. The summed E-state index contributed by atoms with van der Waals surface area (Å²) in [6, 6.07) is 0. The van der Waals surface area contributed by atoms with Gasteiger partial charge in [-0.3, -0.25) is 4.79 Å². The van der Waals surface area contributed by atoms with E-state index in [0.29, 0.717) is 0 Å². The average Bonchev–Trinajstić information content (AvgIpc) is 1.61. The fourth-order valence-electron chi connectivity index (χ4n) is 0.145. The monoisotopic (exact) mass is 156 g/mol. The largest absolute Gasteiger partial charge is 0.481 e. The van der Waals surface area contributed by atoms with Crippen molar-refractivity contribution in [3.8, 4) is 0 Å². The van der Waals surface area contributed by atoms with Gasteiger partial charge in [0, 0.05) is 5.54 Å². The Kier molecular flexibility index (Phi) is 9.09. The molecule has 0 spiro atoms. The van der Waals surface area contributed by atoms with Gasteiger partial charge in [-0.15, -0.1) is 12.4 Å². The number of halogens is 2. The van der Waals surface area contributed by atoms with E-state index < -0.39 is 5.97 Å². The normalized spacial score (nSPS) is 8.62. The van der Waals surface area contributed by atoms with E-state index in [1.54, 1.807) is 0 Å². The molecule has 0 aliphatic heterocycles. The Hall–Kier alpha value is -0.210. The number of carboxylic acid groups (broad SMARTS) is 1. The summed E-state index contributed by atoms with van der Waals surface area (Å²) in [6.07, 6.45) is 1.37. The molecular formula is C4H6Cl2O2. The Morgan fingerprint density at radius 3 is 2.38 bits per heavy atom. The first-order valence-electron chi connectivity index (χ1n) is 1.74. The smallest absolute Gasteiger partial charge is 0.307 e. The number of aliphatic carboxylic acids is 1. The lowest BCUT2D eigenvalue weighted by Gasteiger charge is -1.76. The maximum absolute atomic E-state index is 9.65. The highest BCUT2D eigenvalue weighted by atomic mass is 35.5. The minimum absolute atomic E-state index is 0. The van der Waals surface area contributed by atoms with Crippen LogP contribution in [0.15, 0.2) is 11.6 Å². The lowest BCUT2D eigenvalue weighted by molar-refractivity contribution is -0.135. The first-order chi connectivity index (χ1) is 3.27. The topological polar surface area (TPSA) is 37.3 Å². The molecule has 8 heavy (non-hydrogen) atoms. The zero-order chi connectivity index (χ0) is 5.70. The Bertz CT molecular complexity index is 90.0. The van der Waals surface area contributed by atoms with Crippen LogP contribution in [0.3, 0.4) is 0 Å². The molecule has 0 atom stereocenters. The molecule has 0 amide bonds. The quantitative estimate of drug-likeness (QED) is 0.661. The summed E-state index contributed by atoms with van der Waals surface area (Å²) in [7, 11) is 0. The van der Waals surface area contributed by atoms with Gasteiger partial charge in [-0.1, -0.05) is 17.7 Å². The number of carbonyl (C=O) groups is 1. The van der Waals surface area contributed by atoms with Crippen molar-refractivity contribution in [1.29, 1.82) is 0 Å². The maximum atomic E-state index is 9.65. The van der Waals surface area contributed by atoms with Gasteiger partial charge >= 0.3 is 5.97 Å². The first-order valence-corrected chi connectivity index (χ1v) is 2.18. The molecule has 0 aromatic carbocycles. The summed E-state index contributed by atoms with van der Waals surface area (Å²) in [5.41, 5.74) is 1.19. The van der Waals surface area contributed by atoms with Crippen molar-refractivity contribution >= 4 is 30.0 Å². The van der Waals surface area contributed by atoms with E-state index in [1.165, 1.54) is 11.6 Å². The molecular weight excluding hydrogens is 151 g/mol. The van der Waals surface area contributed by atoms with E-state index in [9.17, 15) is 4.79 Å². The molecule has 1 N–H and O–H groups in total. The Morgan fingerprint density at radius 2 is 2.25 bits per heavy atom. The molecule has 0 saturated carbocycles. The Labute approximate surface area is 58.6 Å². The van der Waals surface area contributed by atoms with Crippen LogP contribution in [0.2, 0.25) is 0 Å². The highest BCUT2D eigenvalue weighted by molar-refractivity contribution is 6.25. The third kappa shape index (κ3) is 9.25. The molecule has 0 saturated heterocycles. The van der Waals surface area contributed by atoms with Crippen LogP contribution >= 0.6 is 24.0 Å². The summed E-state index contributed by atoms with van der Waals surface area (Å²) in [6.45, 7) is 0. The van der Waals surface area contributed by atoms with Crippen LogP contribution in [0.4, 0.5) is 0 Å². The van der Waals surface area contributed by atoms with E-state index in [-0.39, 0.29) is 18.8 Å². The maximum Gasteiger partial charge on any atom is 0.307 e. The molecule has 0 bridgehead atoms. The third-order valence-electron chi connectivity index (χ3n) is 0.382. The minimum atomic E-state index is -0.864. The van der Waals surface area contributed by atoms with Gasteiger partial charge in [0.05, 0.1) is 6.42 Å². The van der Waals surface area contributed by atoms with Crippen molar-refractivity contribution in [1.82, 2.24) is 0 Å². The average molecular weight is 157 g/mol. The van der Waals surface area contributed by atoms with Crippen molar-refractivity contribution in [2.24, 2.45) is 0 Å². The summed E-state index contributed by atoms with van der Waals surface area (Å²) < 4.78 is 0. The van der Waals surface area contributed by atoms with E-state index in [4.69, 9.17) is 16.7 Å². The number of rotatable bonds is 2. The van der Waals surface area contributed by atoms with E-state index in [2.05, 4.69) is 0 Å². The van der Waals surface area contributed by atoms with Crippen molar-refractivity contribution in [2.75, 3.05) is 0 Å². The van der Waals surface area contributed by atoms with Gasteiger partial charge in [0.25, 0.3) is 0 Å². The van der Waals surface area contributed by atoms with E-state index in [0.717, 1.165) is 0 Å². The predicted molar refractivity (Wildman–Crippen MR) is 34.5 cm³/mol. The fraction of sp³-hybridized carbons (Fsp3) is 0.250. The summed E-state index contributed by atoms with van der Waals surface area (Å²) in [5, 5.41) is 7.93. The second-order valence-corrected chi connectivity index (χ2v) is 1.21. The molecule has 48 valence electrons. The van der Waals surface area contributed by atoms with Crippen LogP contribution in [-0.4, -0.2) is 11.1 Å². The second-order valence-electron chi connectivity index (χ2n) is 0.960. The SMILES string of the molecule is Cl.O=C(O)CC=CCl. The number of hydrogen-bond donors (Lipinski definition) is 1. The predicted octanol–water partition coefficient (Wildman–Crippen LogP) is 1.64. The first kappa shape index (κ1) is 10.7. The van der Waals surface area contributed by atoms with E-state index >= 15 is 0 Å². The van der Waals surface area contributed by atoms with Gasteiger partial charge in [-0.25, -0.2) is 0 Å². The lowest BCUT2D eigenvalue weighted by atomic mass is 10.4. The van der Waals surface area contributed by atoms with Crippen LogP contribution in [0.25, 0.3) is 0 Å². The molecule has 0 rings (SSSR count). The van der Waals surface area contributed by atoms with Gasteiger partial charge in [0.2, 0.25) is 0 Å². The van der Waals surface area contributed by atoms with Gasteiger partial charge in [-0.2, -0.15) is 0 Å². The molecule has 0 aromatic rings. The Balaban J connectivity index is 0. The highest BCUT2D eigenvalue weighted by Gasteiger charge is 1.85. The molecule has 2 nitrogen and oxygen atoms in total. The zero-order valence-electron chi connectivity index (χ0n) is 4.00. The molecule has 0 unspecified atom stereocenters. The van der Waals surface area contributed by atoms with Crippen LogP contribution in [0.1, 0.15) is 6.42 Å². The van der Waals surface area contributed by atoms with E-state index in [1.807, 2.05) is 0 Å². The molecule has 0 heterocycles. The molecule has 0 aliphatic carbocycles. The van der Waals surface area contributed by atoms with Crippen LogP contribution in [0, 0.1) is 0 Å². The van der Waals surface area contributed by atoms with Gasteiger partial charge < -0.3 is 5.11 Å². The third-order valence-corrected chi connectivity index (χ3v) is 0.560. The Morgan fingerprint density at radius 1 is 1.75 bits per heavy atom. The molecule has 0 fully saturated rings. The van der Waals surface area contributed by atoms with Crippen molar-refractivity contribution in [2.45, 2.75) is 6.42 Å². The molecule has 0 radical (unpaired) electrons. The molecule has 0 aliphatic rings. The van der Waals surface area contributed by atoms with Gasteiger partial charge in [-0.05, 0) is 0 Å². The standard InChI is InChI=1S/C4H5ClO2.ClH/c5-3-1-2-4(6)7;/h1,3H,2H2,(H,6,7);1H.